The Bertz CT molecular complexity index is 360. The van der Waals surface area contributed by atoms with Crippen LogP contribution in [-0.2, 0) is 0 Å². The molecule has 0 aliphatic heterocycles. The minimum absolute atomic E-state index is 0.126. The molecule has 0 bridgehead atoms. The second-order valence-electron chi connectivity index (χ2n) is 5.66. The molecule has 0 amide bonds. The van der Waals surface area contributed by atoms with E-state index in [1.54, 1.807) is 0 Å². The highest BCUT2D eigenvalue weighted by Crippen LogP contribution is 2.19. The molecule has 0 aliphatic carbocycles. The van der Waals surface area contributed by atoms with Crippen molar-refractivity contribution >= 4 is 0 Å². The van der Waals surface area contributed by atoms with Gasteiger partial charge in [-0.25, -0.2) is 0 Å². The zero-order chi connectivity index (χ0) is 14.4. The standard InChI is InChI=1S/C16H27NO2/c1-11(2)16(10-18)17-13(5)14-6-8-15(9-7-14)19-12(3)4/h6-9,11-13,16-18H,10H2,1-5H3. The molecule has 19 heavy (non-hydrogen) atoms. The molecule has 108 valence electrons. The second-order valence-corrected chi connectivity index (χ2v) is 5.66. The third-order valence-corrected chi connectivity index (χ3v) is 3.22. The fourth-order valence-electron chi connectivity index (χ4n) is 1.98. The molecule has 3 heteroatoms. The first-order chi connectivity index (χ1) is 8.93. The molecule has 0 saturated heterocycles. The van der Waals surface area contributed by atoms with Gasteiger partial charge in [-0.15, -0.1) is 0 Å². The Morgan fingerprint density at radius 3 is 2.05 bits per heavy atom. The molecule has 0 spiro atoms. The van der Waals surface area contributed by atoms with E-state index in [2.05, 4.69) is 38.2 Å². The van der Waals surface area contributed by atoms with Crippen molar-refractivity contribution in [1.29, 1.82) is 0 Å². The summed E-state index contributed by atoms with van der Waals surface area (Å²) in [5, 5.41) is 12.8. The van der Waals surface area contributed by atoms with Crippen LogP contribution >= 0.6 is 0 Å². The van der Waals surface area contributed by atoms with E-state index in [-0.39, 0.29) is 24.8 Å². The molecule has 3 nitrogen and oxygen atoms in total. The van der Waals surface area contributed by atoms with Gasteiger partial charge in [0, 0.05) is 12.1 Å². The summed E-state index contributed by atoms with van der Waals surface area (Å²) in [6.07, 6.45) is 0.195. The Kier molecular flexibility index (Phi) is 6.32. The van der Waals surface area contributed by atoms with Gasteiger partial charge in [0.25, 0.3) is 0 Å². The van der Waals surface area contributed by atoms with Gasteiger partial charge in [0.1, 0.15) is 5.75 Å². The summed E-state index contributed by atoms with van der Waals surface area (Å²) in [6.45, 7) is 10.5. The lowest BCUT2D eigenvalue weighted by atomic mass is 10.0. The number of nitrogens with one attached hydrogen (secondary N) is 1. The quantitative estimate of drug-likeness (QED) is 0.796. The summed E-state index contributed by atoms with van der Waals surface area (Å²) < 4.78 is 5.63. The molecule has 0 heterocycles. The van der Waals surface area contributed by atoms with Crippen LogP contribution in [0.15, 0.2) is 24.3 Å². The van der Waals surface area contributed by atoms with Crippen LogP contribution in [0.3, 0.4) is 0 Å². The van der Waals surface area contributed by atoms with Crippen LogP contribution in [0.1, 0.15) is 46.2 Å². The van der Waals surface area contributed by atoms with Gasteiger partial charge in [-0.3, -0.25) is 0 Å². The van der Waals surface area contributed by atoms with E-state index in [0.717, 1.165) is 5.75 Å². The molecular weight excluding hydrogens is 238 g/mol. The van der Waals surface area contributed by atoms with E-state index < -0.39 is 0 Å². The van der Waals surface area contributed by atoms with Gasteiger partial charge in [-0.1, -0.05) is 26.0 Å². The molecule has 0 saturated carbocycles. The Labute approximate surface area is 117 Å². The summed E-state index contributed by atoms with van der Waals surface area (Å²) in [7, 11) is 0. The van der Waals surface area contributed by atoms with Crippen LogP contribution in [0, 0.1) is 5.92 Å². The zero-order valence-corrected chi connectivity index (χ0v) is 12.7. The first-order valence-corrected chi connectivity index (χ1v) is 7.07. The zero-order valence-electron chi connectivity index (χ0n) is 12.7. The molecule has 2 N–H and O–H groups in total. The van der Waals surface area contributed by atoms with E-state index in [1.165, 1.54) is 5.56 Å². The van der Waals surface area contributed by atoms with Crippen molar-refractivity contribution in [3.63, 3.8) is 0 Å². The third-order valence-electron chi connectivity index (χ3n) is 3.22. The summed E-state index contributed by atoms with van der Waals surface area (Å²) in [5.41, 5.74) is 1.20. The van der Waals surface area contributed by atoms with Crippen LogP contribution in [0.2, 0.25) is 0 Å². The predicted octanol–water partition coefficient (Wildman–Crippen LogP) is 3.14. The molecule has 0 fully saturated rings. The maximum absolute atomic E-state index is 9.35. The van der Waals surface area contributed by atoms with Crippen LogP contribution in [0.4, 0.5) is 0 Å². The molecule has 2 atom stereocenters. The lowest BCUT2D eigenvalue weighted by molar-refractivity contribution is 0.201. The molecule has 1 aromatic rings. The van der Waals surface area contributed by atoms with Gasteiger partial charge in [-0.05, 0) is 44.4 Å². The average Bonchev–Trinajstić information content (AvgIpc) is 2.35. The number of ether oxygens (including phenoxy) is 1. The predicted molar refractivity (Wildman–Crippen MR) is 79.5 cm³/mol. The third kappa shape index (κ3) is 5.21. The number of rotatable bonds is 7. The van der Waals surface area contributed by atoms with Gasteiger partial charge >= 0.3 is 0 Å². The van der Waals surface area contributed by atoms with Crippen LogP contribution in [-0.4, -0.2) is 23.9 Å². The minimum atomic E-state index is 0.126. The van der Waals surface area contributed by atoms with Crippen molar-refractivity contribution < 1.29 is 9.84 Å². The largest absolute Gasteiger partial charge is 0.491 e. The highest BCUT2D eigenvalue weighted by atomic mass is 16.5. The normalized spacial score (nSPS) is 14.7. The highest BCUT2D eigenvalue weighted by molar-refractivity contribution is 5.29. The van der Waals surface area contributed by atoms with Crippen LogP contribution in [0.25, 0.3) is 0 Å². The number of benzene rings is 1. The Balaban J connectivity index is 2.64. The van der Waals surface area contributed by atoms with Gasteiger partial charge in [0.2, 0.25) is 0 Å². The monoisotopic (exact) mass is 265 g/mol. The summed E-state index contributed by atoms with van der Waals surface area (Å²) in [6, 6.07) is 8.48. The molecule has 2 unspecified atom stereocenters. The Morgan fingerprint density at radius 1 is 1.05 bits per heavy atom. The summed E-state index contributed by atoms with van der Waals surface area (Å²) in [5.74, 6) is 1.31. The van der Waals surface area contributed by atoms with Crippen LogP contribution < -0.4 is 10.1 Å². The van der Waals surface area contributed by atoms with Gasteiger partial charge < -0.3 is 15.2 Å². The van der Waals surface area contributed by atoms with Crippen molar-refractivity contribution in [1.82, 2.24) is 5.32 Å². The fraction of sp³-hybridized carbons (Fsp3) is 0.625. The number of hydrogen-bond donors (Lipinski definition) is 2. The molecule has 0 aliphatic rings. The van der Waals surface area contributed by atoms with Crippen molar-refractivity contribution in [2.45, 2.75) is 52.8 Å². The Morgan fingerprint density at radius 2 is 1.63 bits per heavy atom. The van der Waals surface area contributed by atoms with Crippen molar-refractivity contribution in [2.75, 3.05) is 6.61 Å². The minimum Gasteiger partial charge on any atom is -0.491 e. The maximum atomic E-state index is 9.35. The lowest BCUT2D eigenvalue weighted by Crippen LogP contribution is -2.38. The van der Waals surface area contributed by atoms with Gasteiger partial charge in [0.15, 0.2) is 0 Å². The number of aliphatic hydroxyl groups excluding tert-OH is 1. The SMILES string of the molecule is CC(C)Oc1ccc(C(C)NC(CO)C(C)C)cc1. The number of aliphatic hydroxyl groups is 1. The van der Waals surface area contributed by atoms with E-state index >= 15 is 0 Å². The lowest BCUT2D eigenvalue weighted by Gasteiger charge is -2.25. The van der Waals surface area contributed by atoms with Crippen molar-refractivity contribution in [3.05, 3.63) is 29.8 Å². The van der Waals surface area contributed by atoms with E-state index in [9.17, 15) is 5.11 Å². The van der Waals surface area contributed by atoms with E-state index in [1.807, 2.05) is 26.0 Å². The van der Waals surface area contributed by atoms with Crippen LogP contribution in [0.5, 0.6) is 5.75 Å². The smallest absolute Gasteiger partial charge is 0.119 e. The topological polar surface area (TPSA) is 41.5 Å². The molecule has 0 radical (unpaired) electrons. The molecular formula is C16H27NO2. The molecule has 1 aromatic carbocycles. The van der Waals surface area contributed by atoms with Crippen molar-refractivity contribution in [2.24, 2.45) is 5.92 Å². The first kappa shape index (κ1) is 16.0. The molecule has 0 aromatic heterocycles. The summed E-state index contributed by atoms with van der Waals surface area (Å²) in [4.78, 5) is 0. The summed E-state index contributed by atoms with van der Waals surface area (Å²) >= 11 is 0. The molecule has 1 rings (SSSR count). The second kappa shape index (κ2) is 7.51. The fourth-order valence-corrected chi connectivity index (χ4v) is 1.98. The average molecular weight is 265 g/mol. The van der Waals surface area contributed by atoms with Crippen molar-refractivity contribution in [3.8, 4) is 5.75 Å². The maximum Gasteiger partial charge on any atom is 0.119 e. The van der Waals surface area contributed by atoms with Gasteiger partial charge in [-0.2, -0.15) is 0 Å². The first-order valence-electron chi connectivity index (χ1n) is 7.07. The Hall–Kier alpha value is -1.06. The highest BCUT2D eigenvalue weighted by Gasteiger charge is 2.15. The van der Waals surface area contributed by atoms with Gasteiger partial charge in [0.05, 0.1) is 12.7 Å². The van der Waals surface area contributed by atoms with E-state index in [4.69, 9.17) is 4.74 Å². The van der Waals surface area contributed by atoms with E-state index in [0.29, 0.717) is 5.92 Å². The number of hydrogen-bond acceptors (Lipinski definition) is 3.